The molecule has 2 fully saturated rings. The molecule has 0 bridgehead atoms. The van der Waals surface area contributed by atoms with E-state index in [-0.39, 0.29) is 11.9 Å². The lowest BCUT2D eigenvalue weighted by molar-refractivity contribution is -0.142. The van der Waals surface area contributed by atoms with Crippen molar-refractivity contribution in [2.24, 2.45) is 5.41 Å². The summed E-state index contributed by atoms with van der Waals surface area (Å²) in [5, 5.41) is 12.1. The summed E-state index contributed by atoms with van der Waals surface area (Å²) in [4.78, 5) is 25.4. The van der Waals surface area contributed by atoms with Crippen LogP contribution in [-0.2, 0) is 14.3 Å². The van der Waals surface area contributed by atoms with Crippen LogP contribution in [0.15, 0.2) is 0 Å². The molecule has 0 aliphatic carbocycles. The maximum Gasteiger partial charge on any atom is 0.407 e. The second kappa shape index (κ2) is 6.09. The average molecular weight is 281 g/mol. The van der Waals surface area contributed by atoms with Gasteiger partial charge >= 0.3 is 6.09 Å². The van der Waals surface area contributed by atoms with Gasteiger partial charge in [0.15, 0.2) is 0 Å². The highest BCUT2D eigenvalue weighted by molar-refractivity contribution is 5.86. The molecule has 2 aliphatic rings. The normalized spacial score (nSPS) is 24.8. The third-order valence-corrected chi connectivity index (χ3v) is 3.95. The zero-order valence-corrected chi connectivity index (χ0v) is 11.6. The Morgan fingerprint density at radius 1 is 1.45 bits per heavy atom. The number of carbonyl (C=O) groups is 2. The summed E-state index contributed by atoms with van der Waals surface area (Å²) in [7, 11) is 1.31. The minimum atomic E-state index is -0.960. The lowest BCUT2D eigenvalue weighted by Gasteiger charge is -2.33. The van der Waals surface area contributed by atoms with E-state index in [0.29, 0.717) is 45.6 Å². The number of carbonyl (C=O) groups excluding carboxylic acids is 2. The van der Waals surface area contributed by atoms with Crippen molar-refractivity contribution in [1.29, 1.82) is 5.26 Å². The molecule has 2 rings (SSSR count). The van der Waals surface area contributed by atoms with E-state index in [1.54, 1.807) is 4.90 Å². The van der Waals surface area contributed by atoms with Crippen molar-refractivity contribution in [3.8, 4) is 6.07 Å². The van der Waals surface area contributed by atoms with Crippen LogP contribution in [0.2, 0.25) is 0 Å². The van der Waals surface area contributed by atoms with E-state index in [0.717, 1.165) is 0 Å². The van der Waals surface area contributed by atoms with Gasteiger partial charge in [-0.1, -0.05) is 0 Å². The van der Waals surface area contributed by atoms with E-state index in [2.05, 4.69) is 16.1 Å². The van der Waals surface area contributed by atoms with Crippen molar-refractivity contribution < 1.29 is 19.1 Å². The van der Waals surface area contributed by atoms with Crippen LogP contribution in [0.5, 0.6) is 0 Å². The summed E-state index contributed by atoms with van der Waals surface area (Å²) >= 11 is 0. The third-order valence-electron chi connectivity index (χ3n) is 3.95. The van der Waals surface area contributed by atoms with Crippen molar-refractivity contribution in [3.05, 3.63) is 0 Å². The number of hydrogen-bond donors (Lipinski definition) is 1. The highest BCUT2D eigenvalue weighted by atomic mass is 16.5. The Balaban J connectivity index is 1.97. The van der Waals surface area contributed by atoms with Gasteiger partial charge in [-0.3, -0.25) is 4.79 Å². The van der Waals surface area contributed by atoms with Gasteiger partial charge in [-0.05, 0) is 19.3 Å². The molecule has 110 valence electrons. The molecule has 0 aromatic heterocycles. The number of nitriles is 1. The number of ether oxygens (including phenoxy) is 2. The SMILES string of the molecule is COC(=O)NC1CCN(C(=O)C2(C#N)CCOCC2)C1. The standard InChI is InChI=1S/C13H19N3O4/c1-19-12(18)15-10-2-5-16(8-10)11(17)13(9-14)3-6-20-7-4-13/h10H,2-8H2,1H3,(H,15,18). The van der Waals surface area contributed by atoms with Crippen LogP contribution >= 0.6 is 0 Å². The molecular weight excluding hydrogens is 262 g/mol. The van der Waals surface area contributed by atoms with Crippen LogP contribution in [0.3, 0.4) is 0 Å². The van der Waals surface area contributed by atoms with Crippen molar-refractivity contribution in [1.82, 2.24) is 10.2 Å². The van der Waals surface area contributed by atoms with Gasteiger partial charge in [0.1, 0.15) is 5.41 Å². The van der Waals surface area contributed by atoms with Gasteiger partial charge in [0.25, 0.3) is 0 Å². The third kappa shape index (κ3) is 2.85. The van der Waals surface area contributed by atoms with Gasteiger partial charge in [0.2, 0.25) is 5.91 Å². The molecule has 0 aromatic carbocycles. The highest BCUT2D eigenvalue weighted by Crippen LogP contribution is 2.33. The van der Waals surface area contributed by atoms with E-state index in [1.807, 2.05) is 0 Å². The highest BCUT2D eigenvalue weighted by Gasteiger charge is 2.44. The van der Waals surface area contributed by atoms with Gasteiger partial charge in [-0.2, -0.15) is 5.26 Å². The quantitative estimate of drug-likeness (QED) is 0.784. The van der Waals surface area contributed by atoms with Crippen LogP contribution in [0.4, 0.5) is 4.79 Å². The Bertz CT molecular complexity index is 426. The van der Waals surface area contributed by atoms with Crippen molar-refractivity contribution >= 4 is 12.0 Å². The molecule has 1 N–H and O–H groups in total. The first-order valence-electron chi connectivity index (χ1n) is 6.74. The van der Waals surface area contributed by atoms with Crippen molar-refractivity contribution in [2.75, 3.05) is 33.4 Å². The van der Waals surface area contributed by atoms with Gasteiger partial charge in [0.05, 0.1) is 19.2 Å². The van der Waals surface area contributed by atoms with Gasteiger partial charge < -0.3 is 19.7 Å². The summed E-state index contributed by atoms with van der Waals surface area (Å²) in [6, 6.07) is 2.07. The zero-order chi connectivity index (χ0) is 14.6. The second-order valence-corrected chi connectivity index (χ2v) is 5.18. The predicted octanol–water partition coefficient (Wildman–Crippen LogP) is 0.264. The summed E-state index contributed by atoms with van der Waals surface area (Å²) < 4.78 is 9.78. The molecule has 0 aromatic rings. The number of rotatable bonds is 2. The number of nitrogens with one attached hydrogen (secondary N) is 1. The predicted molar refractivity (Wildman–Crippen MR) is 68.6 cm³/mol. The minimum Gasteiger partial charge on any atom is -0.453 e. The Morgan fingerprint density at radius 2 is 2.15 bits per heavy atom. The fraction of sp³-hybridized carbons (Fsp3) is 0.769. The Morgan fingerprint density at radius 3 is 2.75 bits per heavy atom. The van der Waals surface area contributed by atoms with Gasteiger partial charge in [-0.15, -0.1) is 0 Å². The average Bonchev–Trinajstić information content (AvgIpc) is 2.95. The number of nitrogens with zero attached hydrogens (tertiary/aromatic N) is 2. The first kappa shape index (κ1) is 14.6. The van der Waals surface area contributed by atoms with E-state index < -0.39 is 11.5 Å². The van der Waals surface area contributed by atoms with Crippen LogP contribution in [0, 0.1) is 16.7 Å². The van der Waals surface area contributed by atoms with Crippen LogP contribution in [-0.4, -0.2) is 56.4 Å². The van der Waals surface area contributed by atoms with Gasteiger partial charge in [-0.25, -0.2) is 4.79 Å². The molecule has 2 amide bonds. The molecule has 1 unspecified atom stereocenters. The zero-order valence-electron chi connectivity index (χ0n) is 11.6. The maximum absolute atomic E-state index is 12.6. The molecule has 2 aliphatic heterocycles. The van der Waals surface area contributed by atoms with Crippen molar-refractivity contribution in [2.45, 2.75) is 25.3 Å². The molecule has 0 spiro atoms. The topological polar surface area (TPSA) is 91.7 Å². The fourth-order valence-corrected chi connectivity index (χ4v) is 2.68. The Kier molecular flexibility index (Phi) is 4.45. The fourth-order valence-electron chi connectivity index (χ4n) is 2.68. The summed E-state index contributed by atoms with van der Waals surface area (Å²) in [6.45, 7) is 1.87. The number of methoxy groups -OCH3 is 1. The number of likely N-dealkylation sites (tertiary alicyclic amines) is 1. The second-order valence-electron chi connectivity index (χ2n) is 5.18. The Labute approximate surface area is 117 Å². The smallest absolute Gasteiger partial charge is 0.407 e. The molecule has 0 radical (unpaired) electrons. The number of amides is 2. The van der Waals surface area contributed by atoms with E-state index >= 15 is 0 Å². The number of alkyl carbamates (subject to hydrolysis) is 1. The Hall–Kier alpha value is -1.81. The molecule has 20 heavy (non-hydrogen) atoms. The molecule has 7 heteroatoms. The molecule has 1 atom stereocenters. The molecular formula is C13H19N3O4. The lowest BCUT2D eigenvalue weighted by atomic mass is 9.80. The van der Waals surface area contributed by atoms with E-state index in [4.69, 9.17) is 4.74 Å². The molecule has 0 saturated carbocycles. The molecule has 2 heterocycles. The lowest BCUT2D eigenvalue weighted by Crippen LogP contribution is -2.46. The maximum atomic E-state index is 12.6. The van der Waals surface area contributed by atoms with E-state index in [1.165, 1.54) is 7.11 Å². The van der Waals surface area contributed by atoms with Gasteiger partial charge in [0, 0.05) is 26.3 Å². The summed E-state index contributed by atoms with van der Waals surface area (Å²) in [5.41, 5.74) is -0.960. The molecule has 2 saturated heterocycles. The van der Waals surface area contributed by atoms with Crippen LogP contribution < -0.4 is 5.32 Å². The van der Waals surface area contributed by atoms with Crippen LogP contribution in [0.1, 0.15) is 19.3 Å². The number of hydrogen-bond acceptors (Lipinski definition) is 5. The summed E-state index contributed by atoms with van der Waals surface area (Å²) in [6.07, 6.45) is 1.06. The minimum absolute atomic E-state index is 0.109. The first-order chi connectivity index (χ1) is 9.61. The largest absolute Gasteiger partial charge is 0.453 e. The van der Waals surface area contributed by atoms with Crippen molar-refractivity contribution in [3.63, 3.8) is 0 Å². The summed E-state index contributed by atoms with van der Waals surface area (Å²) in [5.74, 6) is -0.141. The van der Waals surface area contributed by atoms with E-state index in [9.17, 15) is 14.9 Å². The monoisotopic (exact) mass is 281 g/mol. The van der Waals surface area contributed by atoms with Crippen LogP contribution in [0.25, 0.3) is 0 Å². The first-order valence-corrected chi connectivity index (χ1v) is 6.74. The molecule has 7 nitrogen and oxygen atoms in total.